The van der Waals surface area contributed by atoms with Crippen molar-refractivity contribution >= 4 is 11.4 Å². The van der Waals surface area contributed by atoms with E-state index in [1.807, 2.05) is 12.1 Å². The maximum Gasteiger partial charge on any atom is 0.0583 e. The average molecular weight is 326 g/mol. The molecule has 0 amide bonds. The van der Waals surface area contributed by atoms with Crippen LogP contribution in [-0.4, -0.2) is 24.5 Å². The standard InChI is InChI=1S/C21H31N3/c1-21(2)16-10-14(11-17(21)12-16)13-24-8-6-15(7-9-24)18-4-3-5-19(22)20(18)23/h3-5,10,15-17H,6-9,11-13,22-23H2,1-2H3/t16-,17+/m0/s1. The normalized spacial score (nSPS) is 29.8. The predicted molar refractivity (Wildman–Crippen MR) is 102 cm³/mol. The van der Waals surface area contributed by atoms with Crippen molar-refractivity contribution in [1.82, 2.24) is 4.90 Å². The lowest BCUT2D eigenvalue weighted by Crippen LogP contribution is -2.48. The molecule has 4 N–H and O–H groups in total. The highest BCUT2D eigenvalue weighted by atomic mass is 15.1. The van der Waals surface area contributed by atoms with Crippen LogP contribution in [0.2, 0.25) is 0 Å². The molecule has 3 aliphatic carbocycles. The summed E-state index contributed by atoms with van der Waals surface area (Å²) < 4.78 is 0. The third kappa shape index (κ3) is 2.63. The highest BCUT2D eigenvalue weighted by Crippen LogP contribution is 2.58. The number of piperidine rings is 1. The van der Waals surface area contributed by atoms with E-state index in [-0.39, 0.29) is 0 Å². The molecular weight excluding hydrogens is 294 g/mol. The van der Waals surface area contributed by atoms with E-state index >= 15 is 0 Å². The van der Waals surface area contributed by atoms with Gasteiger partial charge in [-0.25, -0.2) is 0 Å². The fraction of sp³-hybridized carbons (Fsp3) is 0.619. The van der Waals surface area contributed by atoms with Gasteiger partial charge in [0.25, 0.3) is 0 Å². The molecule has 1 heterocycles. The quantitative estimate of drug-likeness (QED) is 0.652. The Bertz CT molecular complexity index is 653. The first-order valence-corrected chi connectivity index (χ1v) is 9.51. The van der Waals surface area contributed by atoms with Crippen molar-refractivity contribution in [2.24, 2.45) is 17.3 Å². The molecule has 0 aromatic heterocycles. The predicted octanol–water partition coefficient (Wildman–Crippen LogP) is 4.02. The van der Waals surface area contributed by atoms with Gasteiger partial charge in [0.05, 0.1) is 11.4 Å². The topological polar surface area (TPSA) is 55.3 Å². The van der Waals surface area contributed by atoms with Crippen LogP contribution in [0.5, 0.6) is 0 Å². The van der Waals surface area contributed by atoms with Crippen LogP contribution in [0.3, 0.4) is 0 Å². The molecule has 0 radical (unpaired) electrons. The summed E-state index contributed by atoms with van der Waals surface area (Å²) in [4.78, 5) is 2.64. The van der Waals surface area contributed by atoms with E-state index in [1.54, 1.807) is 5.57 Å². The zero-order valence-electron chi connectivity index (χ0n) is 15.1. The number of likely N-dealkylation sites (tertiary alicyclic amines) is 1. The number of nitrogens with zero attached hydrogens (tertiary/aromatic N) is 1. The van der Waals surface area contributed by atoms with Crippen molar-refractivity contribution < 1.29 is 0 Å². The molecule has 5 rings (SSSR count). The molecule has 1 saturated carbocycles. The van der Waals surface area contributed by atoms with Gasteiger partial charge in [0.2, 0.25) is 0 Å². The van der Waals surface area contributed by atoms with E-state index in [0.29, 0.717) is 11.3 Å². The lowest BCUT2D eigenvalue weighted by atomic mass is 9.50. The second-order valence-corrected chi connectivity index (χ2v) is 8.79. The number of hydrogen-bond acceptors (Lipinski definition) is 3. The molecule has 2 bridgehead atoms. The van der Waals surface area contributed by atoms with Crippen molar-refractivity contribution in [1.29, 1.82) is 0 Å². The van der Waals surface area contributed by atoms with Crippen LogP contribution in [0.25, 0.3) is 0 Å². The summed E-state index contributed by atoms with van der Waals surface area (Å²) in [6.07, 6.45) is 7.74. The second-order valence-electron chi connectivity index (χ2n) is 8.79. The van der Waals surface area contributed by atoms with Gasteiger partial charge < -0.3 is 11.5 Å². The number of benzene rings is 1. The Morgan fingerprint density at radius 2 is 1.92 bits per heavy atom. The first-order valence-electron chi connectivity index (χ1n) is 9.51. The molecule has 1 saturated heterocycles. The third-order valence-electron chi connectivity index (χ3n) is 7.12. The molecule has 130 valence electrons. The Balaban J connectivity index is 1.35. The average Bonchev–Trinajstić information content (AvgIpc) is 2.58. The first kappa shape index (κ1) is 16.0. The number of nitrogens with two attached hydrogens (primary N) is 2. The van der Waals surface area contributed by atoms with E-state index in [9.17, 15) is 0 Å². The Hall–Kier alpha value is -1.48. The Kier molecular flexibility index (Phi) is 3.87. The smallest absolute Gasteiger partial charge is 0.0583 e. The zero-order valence-corrected chi connectivity index (χ0v) is 15.1. The molecule has 4 aliphatic rings. The number of allylic oxidation sites excluding steroid dienone is 1. The molecule has 3 nitrogen and oxygen atoms in total. The lowest BCUT2D eigenvalue weighted by molar-refractivity contribution is -0.00309. The van der Waals surface area contributed by atoms with Crippen molar-refractivity contribution in [3.63, 3.8) is 0 Å². The summed E-state index contributed by atoms with van der Waals surface area (Å²) in [5.41, 5.74) is 17.2. The summed E-state index contributed by atoms with van der Waals surface area (Å²) in [6, 6.07) is 6.09. The van der Waals surface area contributed by atoms with Crippen LogP contribution in [0.15, 0.2) is 29.8 Å². The molecule has 0 unspecified atom stereocenters. The van der Waals surface area contributed by atoms with Crippen LogP contribution in [0.4, 0.5) is 11.4 Å². The third-order valence-corrected chi connectivity index (χ3v) is 7.12. The van der Waals surface area contributed by atoms with Crippen molar-refractivity contribution in [3.05, 3.63) is 35.4 Å². The Morgan fingerprint density at radius 1 is 1.17 bits per heavy atom. The summed E-state index contributed by atoms with van der Waals surface area (Å²) in [7, 11) is 0. The number of para-hydroxylation sites is 1. The Morgan fingerprint density at radius 3 is 2.54 bits per heavy atom. The van der Waals surface area contributed by atoms with Gasteiger partial charge >= 0.3 is 0 Å². The van der Waals surface area contributed by atoms with Gasteiger partial charge in [0.15, 0.2) is 0 Å². The molecule has 1 aromatic carbocycles. The Labute approximate surface area is 146 Å². The van der Waals surface area contributed by atoms with Crippen LogP contribution >= 0.6 is 0 Å². The maximum absolute atomic E-state index is 6.20. The van der Waals surface area contributed by atoms with Gasteiger partial charge in [0, 0.05) is 6.54 Å². The minimum Gasteiger partial charge on any atom is -0.397 e. The summed E-state index contributed by atoms with van der Waals surface area (Å²) in [5, 5.41) is 0. The van der Waals surface area contributed by atoms with Crippen molar-refractivity contribution in [2.75, 3.05) is 31.1 Å². The molecule has 2 atom stereocenters. The van der Waals surface area contributed by atoms with E-state index in [0.717, 1.165) is 23.2 Å². The van der Waals surface area contributed by atoms with E-state index in [1.165, 1.54) is 50.9 Å². The van der Waals surface area contributed by atoms with Gasteiger partial charge in [-0.3, -0.25) is 4.90 Å². The van der Waals surface area contributed by atoms with Crippen LogP contribution in [0, 0.1) is 17.3 Å². The molecule has 1 aliphatic heterocycles. The van der Waals surface area contributed by atoms with E-state index in [2.05, 4.69) is 30.9 Å². The summed E-state index contributed by atoms with van der Waals surface area (Å²) in [5.74, 6) is 2.32. The summed E-state index contributed by atoms with van der Waals surface area (Å²) in [6.45, 7) is 8.42. The largest absolute Gasteiger partial charge is 0.397 e. The highest BCUT2D eigenvalue weighted by Gasteiger charge is 2.49. The van der Waals surface area contributed by atoms with E-state index in [4.69, 9.17) is 11.5 Å². The number of rotatable bonds is 3. The number of hydrogen-bond donors (Lipinski definition) is 2. The van der Waals surface area contributed by atoms with Crippen LogP contribution < -0.4 is 11.5 Å². The van der Waals surface area contributed by atoms with Crippen LogP contribution in [0.1, 0.15) is 51.0 Å². The number of nitrogen functional groups attached to an aromatic ring is 2. The minimum atomic E-state index is 0.557. The number of anilines is 2. The minimum absolute atomic E-state index is 0.557. The lowest BCUT2D eigenvalue weighted by Gasteiger charge is -2.55. The first-order chi connectivity index (χ1) is 11.4. The van der Waals surface area contributed by atoms with Crippen LogP contribution in [-0.2, 0) is 0 Å². The summed E-state index contributed by atoms with van der Waals surface area (Å²) >= 11 is 0. The van der Waals surface area contributed by atoms with Gasteiger partial charge in [-0.2, -0.15) is 0 Å². The number of fused-ring (bicyclic) bond motifs is 1. The molecule has 1 aromatic rings. The second kappa shape index (κ2) is 5.80. The monoisotopic (exact) mass is 325 g/mol. The van der Waals surface area contributed by atoms with Gasteiger partial charge in [-0.05, 0) is 73.6 Å². The highest BCUT2D eigenvalue weighted by molar-refractivity contribution is 5.68. The van der Waals surface area contributed by atoms with Crippen molar-refractivity contribution in [3.8, 4) is 0 Å². The molecule has 24 heavy (non-hydrogen) atoms. The molecule has 0 spiro atoms. The zero-order chi connectivity index (χ0) is 16.9. The van der Waals surface area contributed by atoms with Gasteiger partial charge in [0.1, 0.15) is 0 Å². The van der Waals surface area contributed by atoms with E-state index < -0.39 is 0 Å². The molecular formula is C21H31N3. The molecule has 2 fully saturated rings. The molecule has 3 heteroatoms. The fourth-order valence-corrected chi connectivity index (χ4v) is 5.12. The fourth-order valence-electron chi connectivity index (χ4n) is 5.12. The SMILES string of the molecule is CC1(C)[C@@H]2CC(CN3CCC(c4cccc(N)c4N)CC3)=C[C@H]1C2. The maximum atomic E-state index is 6.20. The van der Waals surface area contributed by atoms with Crippen molar-refractivity contribution in [2.45, 2.75) is 45.4 Å². The van der Waals surface area contributed by atoms with Gasteiger partial charge in [-0.15, -0.1) is 0 Å². The van der Waals surface area contributed by atoms with Gasteiger partial charge in [-0.1, -0.05) is 37.6 Å².